The van der Waals surface area contributed by atoms with E-state index in [-0.39, 0.29) is 11.9 Å². The van der Waals surface area contributed by atoms with Gasteiger partial charge in [-0.3, -0.25) is 14.6 Å². The molecule has 2 saturated heterocycles. The van der Waals surface area contributed by atoms with Crippen molar-refractivity contribution in [2.24, 2.45) is 0 Å². The van der Waals surface area contributed by atoms with Gasteiger partial charge in [0, 0.05) is 55.4 Å². The number of rotatable bonds is 7. The van der Waals surface area contributed by atoms with Crippen molar-refractivity contribution < 1.29 is 9.53 Å². The number of likely N-dealkylation sites (tertiary alicyclic amines) is 1. The van der Waals surface area contributed by atoms with Crippen LogP contribution in [0.3, 0.4) is 0 Å². The second-order valence-corrected chi connectivity index (χ2v) is 9.05. The molecule has 6 heteroatoms. The third-order valence-electron chi connectivity index (χ3n) is 6.33. The van der Waals surface area contributed by atoms with Gasteiger partial charge in [0.2, 0.25) is 5.91 Å². The number of nitrogens with one attached hydrogen (secondary N) is 1. The molecule has 164 valence electrons. The first kappa shape index (κ1) is 21.3. The number of para-hydroxylation sites is 1. The second kappa shape index (κ2) is 9.94. The lowest BCUT2D eigenvalue weighted by Crippen LogP contribution is -2.49. The number of hydrogen-bond donors (Lipinski definition) is 1. The van der Waals surface area contributed by atoms with E-state index >= 15 is 0 Å². The SMILES string of the molecule is CC(C)NC(=O)Cn1cc(CN2CCCC[C@@H]2CN2CCOCC2)c2ccccc21. The maximum atomic E-state index is 12.4. The fourth-order valence-corrected chi connectivity index (χ4v) is 4.88. The molecule has 30 heavy (non-hydrogen) atoms. The first-order valence-electron chi connectivity index (χ1n) is 11.5. The summed E-state index contributed by atoms with van der Waals surface area (Å²) in [5.41, 5.74) is 2.48. The zero-order valence-electron chi connectivity index (χ0n) is 18.5. The molecule has 1 aromatic carbocycles. The molecule has 0 unspecified atom stereocenters. The summed E-state index contributed by atoms with van der Waals surface area (Å²) < 4.78 is 7.64. The van der Waals surface area contributed by atoms with Gasteiger partial charge in [-0.1, -0.05) is 24.6 Å². The summed E-state index contributed by atoms with van der Waals surface area (Å²) in [5, 5.41) is 4.28. The van der Waals surface area contributed by atoms with Crippen LogP contribution in [0.5, 0.6) is 0 Å². The van der Waals surface area contributed by atoms with Gasteiger partial charge < -0.3 is 14.6 Å². The van der Waals surface area contributed by atoms with E-state index in [0.29, 0.717) is 12.6 Å². The zero-order valence-corrected chi connectivity index (χ0v) is 18.5. The van der Waals surface area contributed by atoms with Gasteiger partial charge in [0.1, 0.15) is 6.54 Å². The van der Waals surface area contributed by atoms with Crippen LogP contribution in [-0.2, 0) is 22.6 Å². The Labute approximate surface area is 180 Å². The van der Waals surface area contributed by atoms with Crippen LogP contribution in [0, 0.1) is 0 Å². The number of carbonyl (C=O) groups excluding carboxylic acids is 1. The Morgan fingerprint density at radius 2 is 1.97 bits per heavy atom. The van der Waals surface area contributed by atoms with E-state index in [1.54, 1.807) is 0 Å². The van der Waals surface area contributed by atoms with E-state index in [4.69, 9.17) is 4.74 Å². The first-order chi connectivity index (χ1) is 14.6. The molecule has 3 heterocycles. The number of carbonyl (C=O) groups is 1. The molecule has 2 aliphatic rings. The highest BCUT2D eigenvalue weighted by atomic mass is 16.5. The summed E-state index contributed by atoms with van der Waals surface area (Å²) in [6.45, 7) is 11.4. The number of nitrogens with zero attached hydrogens (tertiary/aromatic N) is 3. The van der Waals surface area contributed by atoms with Crippen molar-refractivity contribution in [3.63, 3.8) is 0 Å². The number of piperidine rings is 1. The van der Waals surface area contributed by atoms with Gasteiger partial charge in [0.25, 0.3) is 0 Å². The summed E-state index contributed by atoms with van der Waals surface area (Å²) >= 11 is 0. The molecule has 0 aliphatic carbocycles. The van der Waals surface area contributed by atoms with Crippen molar-refractivity contribution in [2.75, 3.05) is 39.4 Å². The summed E-state index contributed by atoms with van der Waals surface area (Å²) in [7, 11) is 0. The molecule has 6 nitrogen and oxygen atoms in total. The standard InChI is InChI=1S/C24H36N4O2/c1-19(2)25-24(29)18-28-16-20(22-8-3-4-9-23(22)28)15-27-10-6-5-7-21(27)17-26-11-13-30-14-12-26/h3-4,8-9,16,19,21H,5-7,10-15,17-18H2,1-2H3,(H,25,29)/t21-/m1/s1. The van der Waals surface area contributed by atoms with Gasteiger partial charge in [0.05, 0.1) is 13.2 Å². The summed E-state index contributed by atoms with van der Waals surface area (Å²) in [5.74, 6) is 0.0699. The van der Waals surface area contributed by atoms with Crippen molar-refractivity contribution in [1.29, 1.82) is 0 Å². The van der Waals surface area contributed by atoms with Crippen LogP contribution in [0.4, 0.5) is 0 Å². The van der Waals surface area contributed by atoms with Gasteiger partial charge in [-0.2, -0.15) is 0 Å². The third-order valence-corrected chi connectivity index (χ3v) is 6.33. The molecule has 0 radical (unpaired) electrons. The lowest BCUT2D eigenvalue weighted by atomic mass is 10.00. The lowest BCUT2D eigenvalue weighted by molar-refractivity contribution is -0.122. The summed E-state index contributed by atoms with van der Waals surface area (Å²) in [6.07, 6.45) is 6.06. The van der Waals surface area contributed by atoms with Gasteiger partial charge >= 0.3 is 0 Å². The molecule has 2 aliphatic heterocycles. The summed E-state index contributed by atoms with van der Waals surface area (Å²) in [4.78, 5) is 17.6. The minimum absolute atomic E-state index is 0.0699. The Hall–Kier alpha value is -1.89. The lowest BCUT2D eigenvalue weighted by Gasteiger charge is -2.39. The highest BCUT2D eigenvalue weighted by Crippen LogP contribution is 2.26. The van der Waals surface area contributed by atoms with Gasteiger partial charge in [0.15, 0.2) is 0 Å². The minimum Gasteiger partial charge on any atom is -0.379 e. The number of fused-ring (bicyclic) bond motifs is 1. The Morgan fingerprint density at radius 3 is 2.77 bits per heavy atom. The van der Waals surface area contributed by atoms with E-state index in [9.17, 15) is 4.79 Å². The minimum atomic E-state index is 0.0699. The number of ether oxygens (including phenoxy) is 1. The Kier molecular flexibility index (Phi) is 7.08. The molecule has 2 fully saturated rings. The zero-order chi connectivity index (χ0) is 20.9. The Morgan fingerprint density at radius 1 is 1.17 bits per heavy atom. The largest absolute Gasteiger partial charge is 0.379 e. The number of morpholine rings is 1. The quantitative estimate of drug-likeness (QED) is 0.760. The highest BCUT2D eigenvalue weighted by Gasteiger charge is 2.26. The van der Waals surface area contributed by atoms with E-state index in [2.05, 4.69) is 50.1 Å². The van der Waals surface area contributed by atoms with Crippen molar-refractivity contribution >= 4 is 16.8 Å². The predicted molar refractivity (Wildman–Crippen MR) is 121 cm³/mol. The number of aromatic nitrogens is 1. The smallest absolute Gasteiger partial charge is 0.240 e. The van der Waals surface area contributed by atoms with Gasteiger partial charge in [-0.05, 0) is 44.9 Å². The van der Waals surface area contributed by atoms with E-state index < -0.39 is 0 Å². The van der Waals surface area contributed by atoms with E-state index in [1.807, 2.05) is 13.8 Å². The molecule has 2 aromatic rings. The molecule has 1 atom stereocenters. The highest BCUT2D eigenvalue weighted by molar-refractivity contribution is 5.86. The first-order valence-corrected chi connectivity index (χ1v) is 11.5. The number of benzene rings is 1. The van der Waals surface area contributed by atoms with Crippen LogP contribution in [0.25, 0.3) is 10.9 Å². The van der Waals surface area contributed by atoms with E-state index in [1.165, 1.54) is 30.2 Å². The van der Waals surface area contributed by atoms with Crippen molar-refractivity contribution in [3.05, 3.63) is 36.0 Å². The molecule has 1 N–H and O–H groups in total. The van der Waals surface area contributed by atoms with Crippen LogP contribution in [0.15, 0.2) is 30.5 Å². The van der Waals surface area contributed by atoms with Crippen molar-refractivity contribution in [2.45, 2.75) is 58.3 Å². The number of amides is 1. The average molecular weight is 413 g/mol. The fourth-order valence-electron chi connectivity index (χ4n) is 4.88. The average Bonchev–Trinajstić information content (AvgIpc) is 3.07. The molecule has 1 amide bonds. The third kappa shape index (κ3) is 5.23. The Bertz CT molecular complexity index is 841. The molecular weight excluding hydrogens is 376 g/mol. The molecule has 0 spiro atoms. The monoisotopic (exact) mass is 412 g/mol. The van der Waals surface area contributed by atoms with Gasteiger partial charge in [-0.25, -0.2) is 0 Å². The van der Waals surface area contributed by atoms with Gasteiger partial charge in [-0.15, -0.1) is 0 Å². The van der Waals surface area contributed by atoms with Crippen LogP contribution in [-0.4, -0.2) is 71.8 Å². The predicted octanol–water partition coefficient (Wildman–Crippen LogP) is 2.85. The number of hydrogen-bond acceptors (Lipinski definition) is 4. The summed E-state index contributed by atoms with van der Waals surface area (Å²) in [6, 6.07) is 9.25. The van der Waals surface area contributed by atoms with Crippen LogP contribution < -0.4 is 5.32 Å². The maximum absolute atomic E-state index is 12.4. The van der Waals surface area contributed by atoms with Crippen LogP contribution >= 0.6 is 0 Å². The van der Waals surface area contributed by atoms with Crippen molar-refractivity contribution in [3.8, 4) is 0 Å². The molecule has 0 saturated carbocycles. The normalized spacial score (nSPS) is 21.4. The van der Waals surface area contributed by atoms with E-state index in [0.717, 1.165) is 51.5 Å². The fraction of sp³-hybridized carbons (Fsp3) is 0.625. The second-order valence-electron chi connectivity index (χ2n) is 9.05. The van der Waals surface area contributed by atoms with Crippen LogP contribution in [0.1, 0.15) is 38.7 Å². The molecular formula is C24H36N4O2. The molecule has 1 aromatic heterocycles. The maximum Gasteiger partial charge on any atom is 0.240 e. The molecule has 0 bridgehead atoms. The topological polar surface area (TPSA) is 49.7 Å². The van der Waals surface area contributed by atoms with Crippen LogP contribution in [0.2, 0.25) is 0 Å². The Balaban J connectivity index is 1.51. The van der Waals surface area contributed by atoms with Crippen molar-refractivity contribution in [1.82, 2.24) is 19.7 Å². The molecule has 4 rings (SSSR count).